The zero-order chi connectivity index (χ0) is 16.3. The van der Waals surface area contributed by atoms with Crippen LogP contribution in [0.5, 0.6) is 0 Å². The Morgan fingerprint density at radius 1 is 0.955 bits per heavy atom. The SMILES string of the molecule is CCC[CH2][Sn](/[CH]=C/c1ccc(Cl)cn1)([CH2]CCC)[CH2]CCC. The van der Waals surface area contributed by atoms with Crippen molar-refractivity contribution >= 4 is 36.1 Å². The molecule has 1 nitrogen and oxygen atoms in total. The standard InChI is InChI=1S/C7H5ClN.3C4H9.Sn/c1-2-7-4-3-6(8)5-9-7;3*1-3-4-2;/h1-5H;3*1,3-4H2,2H3;. The van der Waals surface area contributed by atoms with E-state index < -0.39 is 18.4 Å². The van der Waals surface area contributed by atoms with Crippen molar-refractivity contribution in [3.8, 4) is 0 Å². The third kappa shape index (κ3) is 7.50. The van der Waals surface area contributed by atoms with Crippen LogP contribution in [-0.2, 0) is 0 Å². The maximum atomic E-state index is 5.93. The van der Waals surface area contributed by atoms with E-state index in [9.17, 15) is 0 Å². The third-order valence-corrected chi connectivity index (χ3v) is 18.7. The van der Waals surface area contributed by atoms with E-state index in [1.165, 1.54) is 51.8 Å². The number of rotatable bonds is 11. The van der Waals surface area contributed by atoms with Gasteiger partial charge in [0.15, 0.2) is 0 Å². The van der Waals surface area contributed by atoms with Crippen LogP contribution in [-0.4, -0.2) is 23.4 Å². The topological polar surface area (TPSA) is 12.9 Å². The van der Waals surface area contributed by atoms with Crippen molar-refractivity contribution in [3.63, 3.8) is 0 Å². The molecular weight excluding hydrogens is 396 g/mol. The van der Waals surface area contributed by atoms with E-state index in [-0.39, 0.29) is 0 Å². The molecule has 0 saturated carbocycles. The van der Waals surface area contributed by atoms with Gasteiger partial charge in [0.05, 0.1) is 0 Å². The molecule has 0 aromatic carbocycles. The predicted octanol–water partition coefficient (Wildman–Crippen LogP) is 7.14. The van der Waals surface area contributed by atoms with Crippen molar-refractivity contribution < 1.29 is 0 Å². The third-order valence-electron chi connectivity index (χ3n) is 4.44. The Morgan fingerprint density at radius 2 is 1.50 bits per heavy atom. The predicted molar refractivity (Wildman–Crippen MR) is 103 cm³/mol. The molecule has 1 heterocycles. The Balaban J connectivity index is 2.90. The van der Waals surface area contributed by atoms with Crippen molar-refractivity contribution in [3.05, 3.63) is 33.1 Å². The number of aromatic nitrogens is 1. The van der Waals surface area contributed by atoms with Crippen molar-refractivity contribution in [2.24, 2.45) is 0 Å². The van der Waals surface area contributed by atoms with Crippen LogP contribution in [0.1, 0.15) is 65.0 Å². The van der Waals surface area contributed by atoms with E-state index in [1.54, 1.807) is 6.20 Å². The van der Waals surface area contributed by atoms with Gasteiger partial charge in [0.2, 0.25) is 0 Å². The zero-order valence-electron chi connectivity index (χ0n) is 14.6. The normalized spacial score (nSPS) is 12.2. The van der Waals surface area contributed by atoms with Crippen molar-refractivity contribution in [2.75, 3.05) is 0 Å². The monoisotopic (exact) mass is 429 g/mol. The fraction of sp³-hybridized carbons (Fsp3) is 0.632. The van der Waals surface area contributed by atoms with E-state index >= 15 is 0 Å². The molecule has 0 saturated heterocycles. The fourth-order valence-electron chi connectivity index (χ4n) is 2.96. The molecule has 0 amide bonds. The average Bonchev–Trinajstić information content (AvgIpc) is 2.55. The minimum atomic E-state index is -2.16. The number of nitrogens with zero attached hydrogens (tertiary/aromatic N) is 1. The molecule has 0 spiro atoms. The second-order valence-electron chi connectivity index (χ2n) is 6.41. The summed E-state index contributed by atoms with van der Waals surface area (Å²) in [6, 6.07) is 3.98. The quantitative estimate of drug-likeness (QED) is 0.341. The molecule has 124 valence electrons. The van der Waals surface area contributed by atoms with Gasteiger partial charge in [-0.15, -0.1) is 0 Å². The first-order valence-corrected chi connectivity index (χ1v) is 17.0. The first kappa shape index (κ1) is 20.0. The summed E-state index contributed by atoms with van der Waals surface area (Å²) in [5.41, 5.74) is 1.06. The molecule has 0 radical (unpaired) electrons. The van der Waals surface area contributed by atoms with E-state index in [1.807, 2.05) is 12.1 Å². The molecule has 1 aromatic rings. The Labute approximate surface area is 146 Å². The van der Waals surface area contributed by atoms with Gasteiger partial charge in [0.25, 0.3) is 0 Å². The van der Waals surface area contributed by atoms with E-state index in [4.69, 9.17) is 11.6 Å². The van der Waals surface area contributed by atoms with Crippen LogP contribution in [0.2, 0.25) is 18.3 Å². The fourth-order valence-corrected chi connectivity index (χ4v) is 17.2. The van der Waals surface area contributed by atoms with E-state index in [0.717, 1.165) is 10.7 Å². The van der Waals surface area contributed by atoms with Gasteiger partial charge < -0.3 is 0 Å². The number of hydrogen-bond acceptors (Lipinski definition) is 1. The first-order chi connectivity index (χ1) is 10.7. The summed E-state index contributed by atoms with van der Waals surface area (Å²) in [5.74, 6) is 0. The van der Waals surface area contributed by atoms with Crippen LogP contribution in [0.4, 0.5) is 0 Å². The number of hydrogen-bond donors (Lipinski definition) is 0. The number of pyridine rings is 1. The van der Waals surface area contributed by atoms with Gasteiger partial charge in [0, 0.05) is 0 Å². The molecule has 0 fully saturated rings. The maximum absolute atomic E-state index is 5.93. The molecule has 0 N–H and O–H groups in total. The average molecular weight is 429 g/mol. The summed E-state index contributed by atoms with van der Waals surface area (Å²) >= 11 is 3.78. The van der Waals surface area contributed by atoms with Gasteiger partial charge in [0.1, 0.15) is 0 Å². The molecule has 3 heteroatoms. The van der Waals surface area contributed by atoms with E-state index in [0.29, 0.717) is 0 Å². The summed E-state index contributed by atoms with van der Waals surface area (Å²) < 4.78 is 7.19. The minimum absolute atomic E-state index is 0.717. The molecule has 0 bridgehead atoms. The second-order valence-corrected chi connectivity index (χ2v) is 19.9. The Morgan fingerprint density at radius 3 is 1.91 bits per heavy atom. The molecule has 0 atom stereocenters. The molecule has 1 aromatic heterocycles. The van der Waals surface area contributed by atoms with Crippen molar-refractivity contribution in [1.29, 1.82) is 0 Å². The first-order valence-electron chi connectivity index (χ1n) is 8.96. The van der Waals surface area contributed by atoms with Gasteiger partial charge in [-0.05, 0) is 0 Å². The van der Waals surface area contributed by atoms with Crippen LogP contribution in [0.25, 0.3) is 6.08 Å². The summed E-state index contributed by atoms with van der Waals surface area (Å²) in [6.07, 6.45) is 12.2. The van der Waals surface area contributed by atoms with Crippen molar-refractivity contribution in [1.82, 2.24) is 4.98 Å². The molecule has 0 aliphatic carbocycles. The summed E-state index contributed by atoms with van der Waals surface area (Å²) in [6.45, 7) is 6.96. The van der Waals surface area contributed by atoms with Gasteiger partial charge in [-0.2, -0.15) is 0 Å². The van der Waals surface area contributed by atoms with Gasteiger partial charge in [-0.1, -0.05) is 0 Å². The van der Waals surface area contributed by atoms with Gasteiger partial charge in [-0.3, -0.25) is 0 Å². The molecule has 0 unspecified atom stereocenters. The zero-order valence-corrected chi connectivity index (χ0v) is 18.2. The molecule has 1 rings (SSSR count). The second kappa shape index (κ2) is 11.5. The Hall–Kier alpha value is -0.0213. The summed E-state index contributed by atoms with van der Waals surface area (Å²) in [7, 11) is 0. The van der Waals surface area contributed by atoms with Crippen LogP contribution in [0.15, 0.2) is 22.4 Å². The van der Waals surface area contributed by atoms with Crippen LogP contribution >= 0.6 is 11.6 Å². The van der Waals surface area contributed by atoms with Crippen molar-refractivity contribution in [2.45, 2.75) is 72.6 Å². The van der Waals surface area contributed by atoms with E-state index in [2.05, 4.69) is 35.9 Å². The Kier molecular flexibility index (Phi) is 10.5. The molecule has 0 aliphatic heterocycles. The Bertz CT molecular complexity index is 406. The molecule has 0 aliphatic rings. The molecular formula is C19H32ClNSn. The summed E-state index contributed by atoms with van der Waals surface area (Å²) in [5, 5.41) is 0.717. The molecule has 22 heavy (non-hydrogen) atoms. The summed E-state index contributed by atoms with van der Waals surface area (Å²) in [4.78, 5) is 4.44. The van der Waals surface area contributed by atoms with Crippen LogP contribution in [0, 0.1) is 0 Å². The van der Waals surface area contributed by atoms with Gasteiger partial charge in [-0.25, -0.2) is 0 Å². The number of halogens is 1. The van der Waals surface area contributed by atoms with Crippen LogP contribution in [0.3, 0.4) is 0 Å². The number of unbranched alkanes of at least 4 members (excludes halogenated alkanes) is 3. The van der Waals surface area contributed by atoms with Gasteiger partial charge >= 0.3 is 147 Å². The van der Waals surface area contributed by atoms with Crippen LogP contribution < -0.4 is 0 Å².